The third-order valence-electron chi connectivity index (χ3n) is 2.05. The van der Waals surface area contributed by atoms with E-state index in [1.807, 2.05) is 0 Å². The first-order valence-electron chi connectivity index (χ1n) is 5.00. The van der Waals surface area contributed by atoms with Crippen molar-refractivity contribution in [3.05, 3.63) is 59.2 Å². The van der Waals surface area contributed by atoms with Gasteiger partial charge in [0.15, 0.2) is 0 Å². The van der Waals surface area contributed by atoms with Crippen LogP contribution in [-0.4, -0.2) is 11.0 Å². The number of ether oxygens (including phenoxy) is 1. The normalized spacial score (nSPS) is 9.94. The molecule has 0 bridgehead atoms. The number of rotatable bonds is 2. The molecule has 2 rings (SSSR count). The minimum Gasteiger partial charge on any atom is -0.619 e. The molecule has 1 aromatic heterocycles. The minimum absolute atomic E-state index is 0.00569. The zero-order chi connectivity index (χ0) is 12.3. The third-order valence-corrected chi connectivity index (χ3v) is 2.05. The van der Waals surface area contributed by atoms with Crippen molar-refractivity contribution >= 4 is 5.97 Å². The van der Waals surface area contributed by atoms with Gasteiger partial charge in [0, 0.05) is 0 Å². The Morgan fingerprint density at radius 2 is 2.00 bits per heavy atom. The molecule has 0 saturated carbocycles. The predicted octanol–water partition coefficient (Wildman–Crippen LogP) is 1.24. The van der Waals surface area contributed by atoms with Crippen LogP contribution in [0.25, 0.3) is 0 Å². The molecule has 0 amide bonds. The molecule has 1 heterocycles. The fourth-order valence-electron chi connectivity index (χ4n) is 1.34. The number of esters is 1. The average Bonchev–Trinajstić information content (AvgIpc) is 2.28. The summed E-state index contributed by atoms with van der Waals surface area (Å²) in [6, 6.07) is 8.52. The summed E-state index contributed by atoms with van der Waals surface area (Å²) < 4.78 is 5.54. The van der Waals surface area contributed by atoms with Crippen LogP contribution >= 0.6 is 0 Å². The number of aryl methyl sites for hydroxylation is 1. The van der Waals surface area contributed by atoms with Crippen molar-refractivity contribution in [1.82, 2.24) is 4.98 Å². The molecule has 86 valence electrons. The summed E-state index contributed by atoms with van der Waals surface area (Å²) in [5.74, 6) is -0.544. The van der Waals surface area contributed by atoms with E-state index in [9.17, 15) is 10.0 Å². The van der Waals surface area contributed by atoms with E-state index >= 15 is 0 Å². The number of benzene rings is 1. The fourth-order valence-corrected chi connectivity index (χ4v) is 1.34. The molecule has 0 saturated heterocycles. The van der Waals surface area contributed by atoms with Crippen molar-refractivity contribution in [3.8, 4) is 5.88 Å². The molecule has 0 radical (unpaired) electrons. The Morgan fingerprint density at radius 3 is 2.65 bits per heavy atom. The molecule has 17 heavy (non-hydrogen) atoms. The van der Waals surface area contributed by atoms with E-state index in [0.29, 0.717) is 16.0 Å². The molecule has 5 nitrogen and oxygen atoms in total. The van der Waals surface area contributed by atoms with E-state index in [-0.39, 0.29) is 5.88 Å². The van der Waals surface area contributed by atoms with E-state index in [1.165, 1.54) is 6.20 Å². The smallest absolute Gasteiger partial charge is 0.345 e. The van der Waals surface area contributed by atoms with Crippen LogP contribution in [0.15, 0.2) is 42.7 Å². The molecule has 0 atom stereocenters. The van der Waals surface area contributed by atoms with E-state index < -0.39 is 5.97 Å². The molecule has 0 aliphatic heterocycles. The van der Waals surface area contributed by atoms with Gasteiger partial charge in [0.1, 0.15) is 5.69 Å². The number of aromatic nitrogens is 2. The molecular formula is C12H10N2O3. The van der Waals surface area contributed by atoms with Gasteiger partial charge in [-0.1, -0.05) is 18.2 Å². The maximum atomic E-state index is 11.7. The molecule has 5 heteroatoms. The van der Waals surface area contributed by atoms with Gasteiger partial charge in [0.25, 0.3) is 5.88 Å². The first-order chi connectivity index (χ1) is 8.15. The summed E-state index contributed by atoms with van der Waals surface area (Å²) in [6.07, 6.45) is 2.40. The highest BCUT2D eigenvalue weighted by Gasteiger charge is 2.11. The second-order valence-corrected chi connectivity index (χ2v) is 3.47. The molecule has 0 spiro atoms. The van der Waals surface area contributed by atoms with Crippen LogP contribution in [-0.2, 0) is 0 Å². The highest BCUT2D eigenvalue weighted by molar-refractivity contribution is 5.90. The summed E-state index contributed by atoms with van der Waals surface area (Å²) in [5.41, 5.74) is 0.895. The van der Waals surface area contributed by atoms with Crippen LogP contribution in [0.2, 0.25) is 0 Å². The van der Waals surface area contributed by atoms with Gasteiger partial charge < -0.3 is 9.94 Å². The second kappa shape index (κ2) is 4.61. The fraction of sp³-hybridized carbons (Fsp3) is 0.0833. The van der Waals surface area contributed by atoms with Crippen molar-refractivity contribution < 1.29 is 14.3 Å². The molecule has 0 unspecified atom stereocenters. The van der Waals surface area contributed by atoms with Crippen LogP contribution < -0.4 is 9.47 Å². The molecule has 1 aromatic carbocycles. The maximum Gasteiger partial charge on any atom is 0.345 e. The van der Waals surface area contributed by atoms with Gasteiger partial charge in [0.05, 0.1) is 5.56 Å². The van der Waals surface area contributed by atoms with Gasteiger partial charge in [0.2, 0.25) is 12.4 Å². The van der Waals surface area contributed by atoms with Gasteiger partial charge in [-0.15, -0.1) is 0 Å². The zero-order valence-corrected chi connectivity index (χ0v) is 9.16. The van der Waals surface area contributed by atoms with E-state index in [0.717, 1.165) is 6.20 Å². The standard InChI is InChI=1S/C12H10N2O3/c1-9-7-14(16)8-11(13-9)17-12(15)10-5-3-2-4-6-10/h2-8H,1H3. The predicted molar refractivity (Wildman–Crippen MR) is 59.3 cm³/mol. The third kappa shape index (κ3) is 2.78. The Morgan fingerprint density at radius 1 is 1.29 bits per heavy atom. The highest BCUT2D eigenvalue weighted by atomic mass is 16.5. The molecule has 2 aromatic rings. The van der Waals surface area contributed by atoms with Crippen LogP contribution in [0.3, 0.4) is 0 Å². The Labute approximate surface area is 97.9 Å². The number of nitrogens with zero attached hydrogens (tertiary/aromatic N) is 2. The monoisotopic (exact) mass is 230 g/mol. The molecule has 0 N–H and O–H groups in total. The Bertz CT molecular complexity index is 520. The molecule has 0 aliphatic rings. The lowest BCUT2D eigenvalue weighted by Gasteiger charge is -2.03. The average molecular weight is 230 g/mol. The SMILES string of the molecule is Cc1c[n+]([O-])cc(OC(=O)c2ccccc2)n1. The number of carbonyl (C=O) groups excluding carboxylic acids is 1. The van der Waals surface area contributed by atoms with Gasteiger partial charge in [-0.05, 0) is 19.1 Å². The van der Waals surface area contributed by atoms with Gasteiger partial charge in [-0.2, -0.15) is 4.73 Å². The number of hydrogen-bond donors (Lipinski definition) is 0. The Balaban J connectivity index is 2.19. The minimum atomic E-state index is -0.538. The van der Waals surface area contributed by atoms with Gasteiger partial charge in [-0.25, -0.2) is 9.78 Å². The van der Waals surface area contributed by atoms with Gasteiger partial charge >= 0.3 is 5.97 Å². The summed E-state index contributed by atoms with van der Waals surface area (Å²) in [6.45, 7) is 1.65. The van der Waals surface area contributed by atoms with Crippen molar-refractivity contribution in [1.29, 1.82) is 0 Å². The summed E-state index contributed by atoms with van der Waals surface area (Å²) in [7, 11) is 0. The van der Waals surface area contributed by atoms with E-state index in [4.69, 9.17) is 4.74 Å². The van der Waals surface area contributed by atoms with E-state index in [2.05, 4.69) is 4.98 Å². The first kappa shape index (κ1) is 11.1. The lowest BCUT2D eigenvalue weighted by molar-refractivity contribution is -0.606. The number of hydrogen-bond acceptors (Lipinski definition) is 4. The molecular weight excluding hydrogens is 220 g/mol. The first-order valence-corrected chi connectivity index (χ1v) is 5.00. The number of carbonyl (C=O) groups is 1. The van der Waals surface area contributed by atoms with Crippen molar-refractivity contribution in [2.45, 2.75) is 6.92 Å². The summed E-state index contributed by atoms with van der Waals surface area (Å²) in [5, 5.41) is 11.1. The molecule has 0 aliphatic carbocycles. The largest absolute Gasteiger partial charge is 0.619 e. The Hall–Kier alpha value is -2.43. The zero-order valence-electron chi connectivity index (χ0n) is 9.16. The lowest BCUT2D eigenvalue weighted by Crippen LogP contribution is -2.26. The lowest BCUT2D eigenvalue weighted by atomic mass is 10.2. The highest BCUT2D eigenvalue weighted by Crippen LogP contribution is 2.07. The maximum absolute atomic E-state index is 11.7. The van der Waals surface area contributed by atoms with Crippen LogP contribution in [0.4, 0.5) is 0 Å². The topological polar surface area (TPSA) is 66.1 Å². The van der Waals surface area contributed by atoms with Crippen molar-refractivity contribution in [2.75, 3.05) is 0 Å². The van der Waals surface area contributed by atoms with Crippen LogP contribution in [0.1, 0.15) is 16.1 Å². The second-order valence-electron chi connectivity index (χ2n) is 3.47. The summed E-state index contributed by atoms with van der Waals surface area (Å²) >= 11 is 0. The van der Waals surface area contributed by atoms with Crippen LogP contribution in [0.5, 0.6) is 5.88 Å². The summed E-state index contributed by atoms with van der Waals surface area (Å²) in [4.78, 5) is 15.6. The van der Waals surface area contributed by atoms with Crippen molar-refractivity contribution in [2.24, 2.45) is 0 Å². The van der Waals surface area contributed by atoms with E-state index in [1.54, 1.807) is 37.3 Å². The quantitative estimate of drug-likeness (QED) is 0.442. The van der Waals surface area contributed by atoms with Crippen LogP contribution in [0, 0.1) is 12.1 Å². The van der Waals surface area contributed by atoms with Gasteiger partial charge in [-0.3, -0.25) is 0 Å². The Kier molecular flexibility index (Phi) is 3.00. The molecule has 0 fully saturated rings. The van der Waals surface area contributed by atoms with Crippen molar-refractivity contribution in [3.63, 3.8) is 0 Å².